The summed E-state index contributed by atoms with van der Waals surface area (Å²) in [6.45, 7) is 2.52. The summed E-state index contributed by atoms with van der Waals surface area (Å²) in [5, 5.41) is 3.58. The molecule has 0 aromatic carbocycles. The van der Waals surface area contributed by atoms with E-state index in [0.717, 1.165) is 31.6 Å². The summed E-state index contributed by atoms with van der Waals surface area (Å²) < 4.78 is 0. The monoisotopic (exact) mass is 240 g/mol. The molecule has 4 nitrogen and oxygen atoms in total. The highest BCUT2D eigenvalue weighted by Gasteiger charge is 2.57. The second-order valence-corrected chi connectivity index (χ2v) is 6.15. The molecule has 88 valence electrons. The van der Waals surface area contributed by atoms with Gasteiger partial charge in [-0.3, -0.25) is 9.59 Å². The molecule has 0 saturated carbocycles. The number of ketones is 1. The first-order valence-electron chi connectivity index (χ1n) is 5.84. The molecule has 0 aromatic rings. The van der Waals surface area contributed by atoms with Crippen molar-refractivity contribution in [1.82, 2.24) is 10.2 Å². The Labute approximate surface area is 99.1 Å². The standard InChI is InChI=1S/C11H16N2O2S/c1-7(14)8-6-16-9-5-11(3-2-4-12-11)10(15)13(8)9/h8-9,12H,2-6H2,1H3. The van der Waals surface area contributed by atoms with Gasteiger partial charge in [-0.05, 0) is 26.3 Å². The lowest BCUT2D eigenvalue weighted by molar-refractivity contribution is -0.138. The maximum Gasteiger partial charge on any atom is 0.244 e. The van der Waals surface area contributed by atoms with E-state index in [-0.39, 0.29) is 28.6 Å². The molecule has 0 radical (unpaired) electrons. The summed E-state index contributed by atoms with van der Waals surface area (Å²) >= 11 is 1.76. The summed E-state index contributed by atoms with van der Waals surface area (Å²) in [6, 6.07) is -0.177. The van der Waals surface area contributed by atoms with Gasteiger partial charge in [0, 0.05) is 12.2 Å². The van der Waals surface area contributed by atoms with E-state index in [4.69, 9.17) is 0 Å². The first kappa shape index (κ1) is 10.6. The van der Waals surface area contributed by atoms with Gasteiger partial charge in [0.05, 0.1) is 5.37 Å². The molecule has 1 spiro atoms. The van der Waals surface area contributed by atoms with Gasteiger partial charge in [0.1, 0.15) is 11.6 Å². The predicted octanol–water partition coefficient (Wildman–Crippen LogP) is 0.371. The van der Waals surface area contributed by atoms with Crippen molar-refractivity contribution in [2.24, 2.45) is 0 Å². The summed E-state index contributed by atoms with van der Waals surface area (Å²) in [7, 11) is 0. The van der Waals surface area contributed by atoms with Crippen molar-refractivity contribution in [3.05, 3.63) is 0 Å². The Morgan fingerprint density at radius 2 is 2.44 bits per heavy atom. The molecule has 0 aliphatic carbocycles. The van der Waals surface area contributed by atoms with Crippen LogP contribution in [0.3, 0.4) is 0 Å². The molecule has 3 aliphatic heterocycles. The van der Waals surface area contributed by atoms with E-state index in [0.29, 0.717) is 0 Å². The number of hydrogen-bond donors (Lipinski definition) is 1. The Balaban J connectivity index is 1.89. The number of nitrogens with zero attached hydrogens (tertiary/aromatic N) is 1. The van der Waals surface area contributed by atoms with E-state index in [9.17, 15) is 9.59 Å². The maximum absolute atomic E-state index is 12.4. The van der Waals surface area contributed by atoms with Crippen LogP contribution in [-0.4, -0.2) is 45.8 Å². The number of rotatable bonds is 1. The molecule has 1 amide bonds. The van der Waals surface area contributed by atoms with E-state index in [2.05, 4.69) is 5.32 Å². The quantitative estimate of drug-likeness (QED) is 0.719. The number of hydrogen-bond acceptors (Lipinski definition) is 4. The third-order valence-electron chi connectivity index (χ3n) is 3.97. The maximum atomic E-state index is 12.4. The Morgan fingerprint density at radius 3 is 3.06 bits per heavy atom. The smallest absolute Gasteiger partial charge is 0.244 e. The minimum atomic E-state index is -0.328. The number of carbonyl (C=O) groups excluding carboxylic acids is 2. The van der Waals surface area contributed by atoms with E-state index in [1.54, 1.807) is 18.7 Å². The zero-order chi connectivity index (χ0) is 11.3. The van der Waals surface area contributed by atoms with Crippen LogP contribution in [0, 0.1) is 0 Å². The van der Waals surface area contributed by atoms with E-state index in [1.807, 2.05) is 4.90 Å². The predicted molar refractivity (Wildman–Crippen MR) is 62.1 cm³/mol. The SMILES string of the molecule is CC(=O)C1CSC2CC3(CCCN3)C(=O)N21. The van der Waals surface area contributed by atoms with Gasteiger partial charge in [0.2, 0.25) is 5.91 Å². The molecule has 1 N–H and O–H groups in total. The highest BCUT2D eigenvalue weighted by atomic mass is 32.2. The van der Waals surface area contributed by atoms with Crippen molar-refractivity contribution >= 4 is 23.5 Å². The summed E-state index contributed by atoms with van der Waals surface area (Å²) in [6.07, 6.45) is 2.88. The van der Waals surface area contributed by atoms with Gasteiger partial charge < -0.3 is 10.2 Å². The van der Waals surface area contributed by atoms with Gasteiger partial charge in [-0.2, -0.15) is 0 Å². The molecule has 3 fully saturated rings. The Kier molecular flexibility index (Phi) is 2.30. The van der Waals surface area contributed by atoms with E-state index in [1.165, 1.54) is 0 Å². The van der Waals surface area contributed by atoms with Crippen molar-refractivity contribution < 1.29 is 9.59 Å². The molecular formula is C11H16N2O2S. The van der Waals surface area contributed by atoms with Crippen molar-refractivity contribution in [2.75, 3.05) is 12.3 Å². The summed E-state index contributed by atoms with van der Waals surface area (Å²) in [5.74, 6) is 1.07. The molecule has 3 unspecified atom stereocenters. The number of amides is 1. The minimum Gasteiger partial charge on any atom is -0.318 e. The Bertz CT molecular complexity index is 352. The van der Waals surface area contributed by atoms with Crippen molar-refractivity contribution in [1.29, 1.82) is 0 Å². The van der Waals surface area contributed by atoms with Crippen molar-refractivity contribution in [3.63, 3.8) is 0 Å². The molecular weight excluding hydrogens is 224 g/mol. The van der Waals surface area contributed by atoms with Crippen LogP contribution >= 0.6 is 11.8 Å². The average molecular weight is 240 g/mol. The third kappa shape index (κ3) is 1.27. The summed E-state index contributed by atoms with van der Waals surface area (Å²) in [5.41, 5.74) is -0.328. The van der Waals surface area contributed by atoms with Crippen LogP contribution in [0.2, 0.25) is 0 Å². The zero-order valence-corrected chi connectivity index (χ0v) is 10.2. The van der Waals surface area contributed by atoms with Crippen LogP contribution in [0.4, 0.5) is 0 Å². The number of carbonyl (C=O) groups is 2. The van der Waals surface area contributed by atoms with Crippen LogP contribution in [0.25, 0.3) is 0 Å². The lowest BCUT2D eigenvalue weighted by Gasteiger charge is -2.25. The Hall–Kier alpha value is -0.550. The molecule has 3 rings (SSSR count). The molecule has 5 heteroatoms. The first-order chi connectivity index (χ1) is 7.64. The fourth-order valence-corrected chi connectivity index (χ4v) is 4.71. The number of nitrogens with one attached hydrogen (secondary N) is 1. The van der Waals surface area contributed by atoms with Crippen LogP contribution in [-0.2, 0) is 9.59 Å². The van der Waals surface area contributed by atoms with Crippen molar-refractivity contribution in [3.8, 4) is 0 Å². The van der Waals surface area contributed by atoms with Gasteiger partial charge in [0.15, 0.2) is 5.78 Å². The molecule has 16 heavy (non-hydrogen) atoms. The highest BCUT2D eigenvalue weighted by Crippen LogP contribution is 2.45. The van der Waals surface area contributed by atoms with Gasteiger partial charge >= 0.3 is 0 Å². The molecule has 0 bridgehead atoms. The van der Waals surface area contributed by atoms with E-state index >= 15 is 0 Å². The zero-order valence-electron chi connectivity index (χ0n) is 9.36. The lowest BCUT2D eigenvalue weighted by atomic mass is 9.96. The second kappa shape index (κ2) is 3.47. The van der Waals surface area contributed by atoms with Crippen LogP contribution in [0.1, 0.15) is 26.2 Å². The normalized spacial score (nSPS) is 42.1. The van der Waals surface area contributed by atoms with Crippen LogP contribution < -0.4 is 5.32 Å². The highest BCUT2D eigenvalue weighted by molar-refractivity contribution is 8.00. The number of Topliss-reactive ketones (excluding diaryl/α,β-unsaturated/α-hetero) is 1. The topological polar surface area (TPSA) is 49.4 Å². The first-order valence-corrected chi connectivity index (χ1v) is 6.89. The fraction of sp³-hybridized carbons (Fsp3) is 0.818. The minimum absolute atomic E-state index is 0.124. The molecule has 3 atom stereocenters. The fourth-order valence-electron chi connectivity index (χ4n) is 3.10. The van der Waals surface area contributed by atoms with Crippen molar-refractivity contribution in [2.45, 2.75) is 43.1 Å². The lowest BCUT2D eigenvalue weighted by Crippen LogP contribution is -2.51. The summed E-state index contributed by atoms with van der Waals surface area (Å²) in [4.78, 5) is 25.8. The molecule has 3 aliphatic rings. The van der Waals surface area contributed by atoms with E-state index < -0.39 is 0 Å². The molecule has 3 saturated heterocycles. The van der Waals surface area contributed by atoms with Crippen LogP contribution in [0.15, 0.2) is 0 Å². The number of thioether (sulfide) groups is 1. The average Bonchev–Trinajstić information content (AvgIpc) is 2.89. The Morgan fingerprint density at radius 1 is 1.62 bits per heavy atom. The largest absolute Gasteiger partial charge is 0.318 e. The van der Waals surface area contributed by atoms with Gasteiger partial charge in [0.25, 0.3) is 0 Å². The van der Waals surface area contributed by atoms with Crippen LogP contribution in [0.5, 0.6) is 0 Å². The second-order valence-electron chi connectivity index (χ2n) is 4.94. The van der Waals surface area contributed by atoms with Gasteiger partial charge in [-0.1, -0.05) is 0 Å². The third-order valence-corrected chi connectivity index (χ3v) is 5.26. The van der Waals surface area contributed by atoms with Gasteiger partial charge in [-0.25, -0.2) is 0 Å². The molecule has 0 aromatic heterocycles. The van der Waals surface area contributed by atoms with Gasteiger partial charge in [-0.15, -0.1) is 11.8 Å². The number of fused-ring (bicyclic) bond motifs is 1. The molecule has 3 heterocycles.